The van der Waals surface area contributed by atoms with Crippen LogP contribution >= 0.6 is 27.5 Å². The van der Waals surface area contributed by atoms with Crippen LogP contribution in [0, 0.1) is 5.82 Å². The lowest BCUT2D eigenvalue weighted by Gasteiger charge is -2.18. The molecule has 0 amide bonds. The van der Waals surface area contributed by atoms with Crippen LogP contribution in [0.3, 0.4) is 0 Å². The van der Waals surface area contributed by atoms with Crippen LogP contribution in [-0.2, 0) is 0 Å². The summed E-state index contributed by atoms with van der Waals surface area (Å²) in [4.78, 5) is 0. The van der Waals surface area contributed by atoms with Gasteiger partial charge in [0.1, 0.15) is 17.7 Å². The van der Waals surface area contributed by atoms with Gasteiger partial charge in [-0.15, -0.1) is 0 Å². The molecule has 0 spiro atoms. The predicted molar refractivity (Wildman–Crippen MR) is 60.9 cm³/mol. The molecule has 1 aromatic carbocycles. The fourth-order valence-electron chi connectivity index (χ4n) is 0.893. The molecule has 0 saturated carbocycles. The molecule has 2 atom stereocenters. The monoisotopic (exact) mass is 296 g/mol. The van der Waals surface area contributed by atoms with E-state index in [1.165, 1.54) is 12.1 Å². The minimum Gasteiger partial charge on any atom is -0.487 e. The molecule has 0 radical (unpaired) electrons. The second kappa shape index (κ2) is 5.14. The van der Waals surface area contributed by atoms with Crippen molar-refractivity contribution in [3.63, 3.8) is 0 Å². The molecule has 1 N–H and O–H groups in total. The van der Waals surface area contributed by atoms with Gasteiger partial charge in [-0.2, -0.15) is 0 Å². The van der Waals surface area contributed by atoms with E-state index in [-0.39, 0.29) is 5.02 Å². The van der Waals surface area contributed by atoms with Gasteiger partial charge < -0.3 is 9.84 Å². The number of aliphatic hydroxyl groups excluding tert-OH is 1. The fourth-order valence-corrected chi connectivity index (χ4v) is 1.63. The highest BCUT2D eigenvalue weighted by molar-refractivity contribution is 9.10. The lowest BCUT2D eigenvalue weighted by atomic mass is 10.2. The lowest BCUT2D eigenvalue weighted by Crippen LogP contribution is -2.25. The van der Waals surface area contributed by atoms with Crippen molar-refractivity contribution < 1.29 is 14.2 Å². The highest BCUT2D eigenvalue weighted by Crippen LogP contribution is 2.31. The van der Waals surface area contributed by atoms with Crippen molar-refractivity contribution in [2.75, 3.05) is 0 Å². The van der Waals surface area contributed by atoms with Crippen LogP contribution in [0.4, 0.5) is 4.39 Å². The van der Waals surface area contributed by atoms with Crippen molar-refractivity contribution in [1.82, 2.24) is 0 Å². The van der Waals surface area contributed by atoms with E-state index in [0.717, 1.165) is 0 Å². The van der Waals surface area contributed by atoms with E-state index in [1.807, 2.05) is 0 Å². The Morgan fingerprint density at radius 1 is 1.47 bits per heavy atom. The van der Waals surface area contributed by atoms with Gasteiger partial charge in [-0.05, 0) is 35.8 Å². The molecule has 84 valence electrons. The molecule has 0 aromatic heterocycles. The third-order valence-electron chi connectivity index (χ3n) is 1.97. The summed E-state index contributed by atoms with van der Waals surface area (Å²) >= 11 is 8.78. The molecule has 0 bridgehead atoms. The van der Waals surface area contributed by atoms with Gasteiger partial charge in [-0.1, -0.05) is 11.6 Å². The third-order valence-corrected chi connectivity index (χ3v) is 2.88. The van der Waals surface area contributed by atoms with E-state index in [2.05, 4.69) is 15.9 Å². The molecule has 0 saturated heterocycles. The second-order valence-corrected chi connectivity index (χ2v) is 4.52. The average Bonchev–Trinajstić information content (AvgIpc) is 2.13. The SMILES string of the molecule is CC(O)C(C)Oc1cc(F)c(Cl)cc1Br. The Bertz CT molecular complexity index is 358. The van der Waals surface area contributed by atoms with Crippen LogP contribution in [0.1, 0.15) is 13.8 Å². The largest absolute Gasteiger partial charge is 0.487 e. The third kappa shape index (κ3) is 3.33. The summed E-state index contributed by atoms with van der Waals surface area (Å²) in [5.41, 5.74) is 0. The predicted octanol–water partition coefficient (Wildman–Crippen LogP) is 3.39. The number of aliphatic hydroxyl groups is 1. The first kappa shape index (κ1) is 12.7. The van der Waals surface area contributed by atoms with E-state index in [0.29, 0.717) is 10.2 Å². The Hall–Kier alpha value is -0.320. The van der Waals surface area contributed by atoms with Crippen LogP contribution in [-0.4, -0.2) is 17.3 Å². The number of hydrogen-bond acceptors (Lipinski definition) is 2. The molecule has 2 unspecified atom stereocenters. The summed E-state index contributed by atoms with van der Waals surface area (Å²) in [6.07, 6.45) is -1.04. The molecule has 5 heteroatoms. The molecule has 1 rings (SSSR count). The Balaban J connectivity index is 2.91. The lowest BCUT2D eigenvalue weighted by molar-refractivity contribution is 0.0597. The van der Waals surface area contributed by atoms with Gasteiger partial charge in [0.05, 0.1) is 15.6 Å². The molecule has 0 aliphatic carbocycles. The van der Waals surface area contributed by atoms with Gasteiger partial charge in [0.15, 0.2) is 0 Å². The Kier molecular flexibility index (Phi) is 4.37. The molecule has 0 heterocycles. The number of hydrogen-bond donors (Lipinski definition) is 1. The van der Waals surface area contributed by atoms with Gasteiger partial charge in [0, 0.05) is 6.07 Å². The van der Waals surface area contributed by atoms with E-state index in [1.54, 1.807) is 13.8 Å². The maximum absolute atomic E-state index is 13.1. The first-order chi connectivity index (χ1) is 6.91. The van der Waals surface area contributed by atoms with Gasteiger partial charge in [0.25, 0.3) is 0 Å². The zero-order valence-electron chi connectivity index (χ0n) is 8.30. The van der Waals surface area contributed by atoms with Crippen LogP contribution in [0.2, 0.25) is 5.02 Å². The topological polar surface area (TPSA) is 29.5 Å². The molecule has 0 aliphatic heterocycles. The summed E-state index contributed by atoms with van der Waals surface area (Å²) in [6, 6.07) is 2.60. The summed E-state index contributed by atoms with van der Waals surface area (Å²) < 4.78 is 19.0. The van der Waals surface area contributed by atoms with Crippen LogP contribution in [0.15, 0.2) is 16.6 Å². The quantitative estimate of drug-likeness (QED) is 0.867. The van der Waals surface area contributed by atoms with Crippen LogP contribution in [0.5, 0.6) is 5.75 Å². The van der Waals surface area contributed by atoms with E-state index < -0.39 is 18.0 Å². The van der Waals surface area contributed by atoms with E-state index >= 15 is 0 Å². The molecule has 1 aromatic rings. The summed E-state index contributed by atoms with van der Waals surface area (Å²) in [5, 5.41) is 9.26. The molecule has 15 heavy (non-hydrogen) atoms. The zero-order chi connectivity index (χ0) is 11.6. The number of halogens is 3. The van der Waals surface area contributed by atoms with Gasteiger partial charge in [-0.25, -0.2) is 4.39 Å². The van der Waals surface area contributed by atoms with Gasteiger partial charge >= 0.3 is 0 Å². The highest BCUT2D eigenvalue weighted by atomic mass is 79.9. The summed E-state index contributed by atoms with van der Waals surface area (Å²) in [5.74, 6) is -0.224. The normalized spacial score (nSPS) is 14.8. The smallest absolute Gasteiger partial charge is 0.145 e. The Morgan fingerprint density at radius 2 is 2.07 bits per heavy atom. The first-order valence-corrected chi connectivity index (χ1v) is 5.58. The minimum atomic E-state index is -0.629. The fraction of sp³-hybridized carbons (Fsp3) is 0.400. The highest BCUT2D eigenvalue weighted by Gasteiger charge is 2.14. The average molecular weight is 298 g/mol. The minimum absolute atomic E-state index is 0.0268. The van der Waals surface area contributed by atoms with Gasteiger partial charge in [-0.3, -0.25) is 0 Å². The van der Waals surface area contributed by atoms with Crippen molar-refractivity contribution in [1.29, 1.82) is 0 Å². The van der Waals surface area contributed by atoms with Gasteiger partial charge in [0.2, 0.25) is 0 Å². The first-order valence-electron chi connectivity index (χ1n) is 4.41. The zero-order valence-corrected chi connectivity index (χ0v) is 10.6. The molecular weight excluding hydrogens is 286 g/mol. The van der Waals surface area contributed by atoms with Crippen molar-refractivity contribution in [3.8, 4) is 5.75 Å². The van der Waals surface area contributed by atoms with Crippen LogP contribution < -0.4 is 4.74 Å². The summed E-state index contributed by atoms with van der Waals surface area (Å²) in [7, 11) is 0. The maximum atomic E-state index is 13.1. The number of benzene rings is 1. The van der Waals surface area contributed by atoms with E-state index in [4.69, 9.17) is 16.3 Å². The van der Waals surface area contributed by atoms with Crippen LogP contribution in [0.25, 0.3) is 0 Å². The second-order valence-electron chi connectivity index (χ2n) is 3.26. The molecule has 0 aliphatic rings. The number of rotatable bonds is 3. The van der Waals surface area contributed by atoms with Crippen molar-refractivity contribution >= 4 is 27.5 Å². The van der Waals surface area contributed by atoms with E-state index in [9.17, 15) is 9.50 Å². The maximum Gasteiger partial charge on any atom is 0.145 e. The molecule has 0 fully saturated rings. The number of ether oxygens (including phenoxy) is 1. The standard InChI is InChI=1S/C10H11BrClFO2/c1-5(14)6(2)15-10-4-9(13)8(12)3-7(10)11/h3-6,14H,1-2H3. The Morgan fingerprint density at radius 3 is 2.60 bits per heavy atom. The van der Waals surface area contributed by atoms with Crippen molar-refractivity contribution in [2.24, 2.45) is 0 Å². The summed E-state index contributed by atoms with van der Waals surface area (Å²) in [6.45, 7) is 3.30. The molecule has 2 nitrogen and oxygen atoms in total. The van der Waals surface area contributed by atoms with Crippen molar-refractivity contribution in [2.45, 2.75) is 26.1 Å². The van der Waals surface area contributed by atoms with Crippen molar-refractivity contribution in [3.05, 3.63) is 27.4 Å². The Labute approximate surface area is 101 Å². The molecular formula is C10H11BrClFO2.